The van der Waals surface area contributed by atoms with E-state index in [0.29, 0.717) is 0 Å². The number of methoxy groups -OCH3 is 1. The number of aromatic nitrogens is 1. The van der Waals surface area contributed by atoms with E-state index in [9.17, 15) is 0 Å². The van der Waals surface area contributed by atoms with Crippen molar-refractivity contribution in [3.63, 3.8) is 0 Å². The Hall–Kier alpha value is -2.23. The number of hydrogen-bond donors (Lipinski definition) is 1. The third kappa shape index (κ3) is 2.41. The Labute approximate surface area is 119 Å². The number of rotatable bonds is 3. The van der Waals surface area contributed by atoms with Gasteiger partial charge >= 0.3 is 0 Å². The number of nitrogen functional groups attached to an aromatic ring is 1. The summed E-state index contributed by atoms with van der Waals surface area (Å²) >= 11 is 0. The Morgan fingerprint density at radius 1 is 1.30 bits per heavy atom. The minimum absolute atomic E-state index is 0.786. The van der Waals surface area contributed by atoms with E-state index in [1.807, 2.05) is 25.1 Å². The van der Waals surface area contributed by atoms with Gasteiger partial charge in [0.15, 0.2) is 0 Å². The van der Waals surface area contributed by atoms with Crippen LogP contribution in [-0.4, -0.2) is 18.6 Å². The molecular weight excluding hydrogens is 250 g/mol. The molecule has 1 aromatic carbocycles. The molecule has 0 aliphatic carbocycles. The van der Waals surface area contributed by atoms with Crippen molar-refractivity contribution in [3.8, 4) is 5.75 Å². The van der Waals surface area contributed by atoms with Gasteiger partial charge in [-0.1, -0.05) is 6.07 Å². The molecular formula is C16H19N3O. The van der Waals surface area contributed by atoms with Gasteiger partial charge in [-0.05, 0) is 31.0 Å². The molecule has 0 fully saturated rings. The minimum atomic E-state index is 0.786. The van der Waals surface area contributed by atoms with E-state index in [1.165, 1.54) is 11.3 Å². The number of anilines is 2. The third-order valence-electron chi connectivity index (χ3n) is 3.67. The first kappa shape index (κ1) is 12.8. The van der Waals surface area contributed by atoms with Crippen molar-refractivity contribution in [1.82, 2.24) is 4.98 Å². The second-order valence-corrected chi connectivity index (χ2v) is 5.20. The molecule has 1 aliphatic heterocycles. The summed E-state index contributed by atoms with van der Waals surface area (Å²) in [7, 11) is 1.68. The Morgan fingerprint density at radius 2 is 2.15 bits per heavy atom. The first-order valence-electron chi connectivity index (χ1n) is 6.80. The number of aryl methyl sites for hydroxylation is 1. The van der Waals surface area contributed by atoms with Gasteiger partial charge in [-0.15, -0.1) is 0 Å². The molecule has 104 valence electrons. The third-order valence-corrected chi connectivity index (χ3v) is 3.67. The van der Waals surface area contributed by atoms with E-state index < -0.39 is 0 Å². The fourth-order valence-corrected chi connectivity index (χ4v) is 2.72. The zero-order valence-electron chi connectivity index (χ0n) is 11.9. The number of hydrogen-bond acceptors (Lipinski definition) is 4. The van der Waals surface area contributed by atoms with Crippen molar-refractivity contribution >= 4 is 11.4 Å². The average molecular weight is 269 g/mol. The smallest absolute Gasteiger partial charge is 0.122 e. The fraction of sp³-hybridized carbons (Fsp3) is 0.312. The van der Waals surface area contributed by atoms with Crippen LogP contribution in [0.1, 0.15) is 17.0 Å². The Balaban J connectivity index is 1.87. The SMILES string of the molecule is COc1cc(C)nc(CN2CCc3ccc(N)cc32)c1. The van der Waals surface area contributed by atoms with Crippen LogP contribution in [0.25, 0.3) is 0 Å². The molecule has 1 aliphatic rings. The molecule has 0 radical (unpaired) electrons. The molecule has 0 bridgehead atoms. The molecule has 4 heteroatoms. The van der Waals surface area contributed by atoms with E-state index in [-0.39, 0.29) is 0 Å². The molecule has 0 spiro atoms. The molecule has 3 rings (SSSR count). The standard InChI is InChI=1S/C16H19N3O/c1-11-7-15(20-2)9-14(18-11)10-19-6-5-12-3-4-13(17)8-16(12)19/h3-4,7-9H,5-6,10,17H2,1-2H3. The van der Waals surface area contributed by atoms with Crippen LogP contribution in [0.2, 0.25) is 0 Å². The average Bonchev–Trinajstić information content (AvgIpc) is 2.80. The second kappa shape index (κ2) is 5.04. The Kier molecular flexibility index (Phi) is 3.22. The molecule has 2 N–H and O–H groups in total. The molecule has 0 saturated carbocycles. The summed E-state index contributed by atoms with van der Waals surface area (Å²) in [6.07, 6.45) is 1.07. The highest BCUT2D eigenvalue weighted by Gasteiger charge is 2.19. The highest BCUT2D eigenvalue weighted by molar-refractivity contribution is 5.64. The van der Waals surface area contributed by atoms with E-state index in [0.717, 1.165) is 42.3 Å². The predicted octanol–water partition coefficient (Wildman–Crippen LogP) is 2.54. The van der Waals surface area contributed by atoms with Gasteiger partial charge in [0, 0.05) is 35.7 Å². The summed E-state index contributed by atoms with van der Waals surface area (Å²) in [4.78, 5) is 6.91. The number of benzene rings is 1. The van der Waals surface area contributed by atoms with Crippen LogP contribution in [0.4, 0.5) is 11.4 Å². The normalized spacial score (nSPS) is 13.4. The van der Waals surface area contributed by atoms with Crippen molar-refractivity contribution < 1.29 is 4.74 Å². The van der Waals surface area contributed by atoms with Gasteiger partial charge in [-0.3, -0.25) is 4.98 Å². The molecule has 2 heterocycles. The highest BCUT2D eigenvalue weighted by atomic mass is 16.5. The van der Waals surface area contributed by atoms with Crippen molar-refractivity contribution in [3.05, 3.63) is 47.3 Å². The maximum atomic E-state index is 5.89. The van der Waals surface area contributed by atoms with E-state index in [1.54, 1.807) is 7.11 Å². The van der Waals surface area contributed by atoms with E-state index in [4.69, 9.17) is 10.5 Å². The molecule has 0 unspecified atom stereocenters. The molecule has 1 aromatic heterocycles. The van der Waals surface area contributed by atoms with Crippen LogP contribution >= 0.6 is 0 Å². The zero-order valence-corrected chi connectivity index (χ0v) is 11.9. The first-order valence-corrected chi connectivity index (χ1v) is 6.80. The molecule has 0 amide bonds. The maximum Gasteiger partial charge on any atom is 0.122 e. The van der Waals surface area contributed by atoms with E-state index >= 15 is 0 Å². The number of ether oxygens (including phenoxy) is 1. The van der Waals surface area contributed by atoms with Crippen molar-refractivity contribution in [2.24, 2.45) is 0 Å². The van der Waals surface area contributed by atoms with Gasteiger partial charge in [0.25, 0.3) is 0 Å². The van der Waals surface area contributed by atoms with Gasteiger partial charge in [-0.25, -0.2) is 0 Å². The van der Waals surface area contributed by atoms with Crippen molar-refractivity contribution in [2.45, 2.75) is 19.9 Å². The van der Waals surface area contributed by atoms with Gasteiger partial charge in [0.1, 0.15) is 5.75 Å². The lowest BCUT2D eigenvalue weighted by Gasteiger charge is -2.19. The number of pyridine rings is 1. The monoisotopic (exact) mass is 269 g/mol. The summed E-state index contributed by atoms with van der Waals surface area (Å²) in [6.45, 7) is 3.78. The summed E-state index contributed by atoms with van der Waals surface area (Å²) in [5, 5.41) is 0. The van der Waals surface area contributed by atoms with Gasteiger partial charge in [-0.2, -0.15) is 0 Å². The second-order valence-electron chi connectivity index (χ2n) is 5.20. The lowest BCUT2D eigenvalue weighted by atomic mass is 10.1. The van der Waals surface area contributed by atoms with Crippen LogP contribution in [-0.2, 0) is 13.0 Å². The lowest BCUT2D eigenvalue weighted by Crippen LogP contribution is -2.20. The number of nitrogens with zero attached hydrogens (tertiary/aromatic N) is 2. The van der Waals surface area contributed by atoms with Gasteiger partial charge in [0.05, 0.1) is 19.3 Å². The Morgan fingerprint density at radius 3 is 2.95 bits per heavy atom. The molecule has 4 nitrogen and oxygen atoms in total. The van der Waals surface area contributed by atoms with Gasteiger partial charge in [0.2, 0.25) is 0 Å². The topological polar surface area (TPSA) is 51.4 Å². The van der Waals surface area contributed by atoms with Crippen LogP contribution in [0, 0.1) is 6.92 Å². The summed E-state index contributed by atoms with van der Waals surface area (Å²) < 4.78 is 5.31. The molecule has 0 saturated heterocycles. The van der Waals surface area contributed by atoms with Crippen LogP contribution in [0.5, 0.6) is 5.75 Å². The molecule has 20 heavy (non-hydrogen) atoms. The minimum Gasteiger partial charge on any atom is -0.497 e. The predicted molar refractivity (Wildman–Crippen MR) is 81.1 cm³/mol. The van der Waals surface area contributed by atoms with Crippen LogP contribution in [0.15, 0.2) is 30.3 Å². The fourth-order valence-electron chi connectivity index (χ4n) is 2.72. The molecule has 0 atom stereocenters. The number of fused-ring (bicyclic) bond motifs is 1. The van der Waals surface area contributed by atoms with E-state index in [2.05, 4.69) is 22.0 Å². The number of nitrogens with two attached hydrogens (primary N) is 1. The highest BCUT2D eigenvalue weighted by Crippen LogP contribution is 2.31. The first-order chi connectivity index (χ1) is 9.65. The van der Waals surface area contributed by atoms with Crippen molar-refractivity contribution in [1.29, 1.82) is 0 Å². The van der Waals surface area contributed by atoms with Crippen LogP contribution in [0.3, 0.4) is 0 Å². The summed E-state index contributed by atoms with van der Waals surface area (Å²) in [5.41, 5.74) is 11.3. The quantitative estimate of drug-likeness (QED) is 0.870. The largest absolute Gasteiger partial charge is 0.497 e. The zero-order chi connectivity index (χ0) is 14.1. The van der Waals surface area contributed by atoms with Gasteiger partial charge < -0.3 is 15.4 Å². The lowest BCUT2D eigenvalue weighted by molar-refractivity contribution is 0.413. The maximum absolute atomic E-state index is 5.89. The molecule has 2 aromatic rings. The summed E-state index contributed by atoms with van der Waals surface area (Å²) in [6, 6.07) is 10.1. The Bertz CT molecular complexity index is 640. The summed E-state index contributed by atoms with van der Waals surface area (Å²) in [5.74, 6) is 0.861. The van der Waals surface area contributed by atoms with Crippen molar-refractivity contribution in [2.75, 3.05) is 24.3 Å². The van der Waals surface area contributed by atoms with Crippen LogP contribution < -0.4 is 15.4 Å².